The first-order chi connectivity index (χ1) is 17.6. The Bertz CT molecular complexity index is 1240. The topological polar surface area (TPSA) is 113 Å². The van der Waals surface area contributed by atoms with E-state index in [1.807, 2.05) is 42.2 Å². The van der Waals surface area contributed by atoms with Crippen LogP contribution in [0, 0.1) is 0 Å². The summed E-state index contributed by atoms with van der Waals surface area (Å²) in [6, 6.07) is 12.6. The lowest BCUT2D eigenvalue weighted by atomic mass is 10.0. The maximum Gasteiger partial charge on any atom is 0.319 e. The van der Waals surface area contributed by atoms with Crippen LogP contribution in [0.3, 0.4) is 0 Å². The molecular formula is C26H33N7O3. The molecule has 36 heavy (non-hydrogen) atoms. The van der Waals surface area contributed by atoms with Crippen molar-refractivity contribution in [3.8, 4) is 11.4 Å². The van der Waals surface area contributed by atoms with Gasteiger partial charge in [-0.25, -0.2) is 14.8 Å². The fourth-order valence-corrected chi connectivity index (χ4v) is 4.43. The van der Waals surface area contributed by atoms with Crippen LogP contribution in [0.1, 0.15) is 31.5 Å². The van der Waals surface area contributed by atoms with Crippen molar-refractivity contribution in [3.63, 3.8) is 0 Å². The van der Waals surface area contributed by atoms with Crippen molar-refractivity contribution in [1.82, 2.24) is 25.2 Å². The third-order valence-electron chi connectivity index (χ3n) is 6.26. The number of carbonyl (C=O) groups excluding carboxylic acids is 2. The number of amides is 3. The van der Waals surface area contributed by atoms with E-state index in [4.69, 9.17) is 14.7 Å². The fraction of sp³-hybridized carbons (Fsp3) is 0.346. The predicted octanol–water partition coefficient (Wildman–Crippen LogP) is 3.21. The van der Waals surface area contributed by atoms with Gasteiger partial charge in [0.05, 0.1) is 25.5 Å². The number of nitrogens with one attached hydrogen (secondary N) is 2. The third-order valence-corrected chi connectivity index (χ3v) is 6.26. The molecule has 2 aliphatic heterocycles. The monoisotopic (exact) mass is 491 g/mol. The average molecular weight is 492 g/mol. The highest BCUT2D eigenvalue weighted by Crippen LogP contribution is 2.31. The molecule has 1 aromatic carbocycles. The van der Waals surface area contributed by atoms with Crippen molar-refractivity contribution in [2.75, 3.05) is 49.6 Å². The number of fused-ring (bicyclic) bond motifs is 1. The van der Waals surface area contributed by atoms with Crippen LogP contribution in [-0.4, -0.2) is 71.2 Å². The summed E-state index contributed by atoms with van der Waals surface area (Å²) in [6.07, 6.45) is 2.27. The molecule has 0 spiro atoms. The lowest BCUT2D eigenvalue weighted by Crippen LogP contribution is -2.41. The molecule has 3 amide bonds. The summed E-state index contributed by atoms with van der Waals surface area (Å²) in [7, 11) is 0. The zero-order valence-electron chi connectivity index (χ0n) is 20.2. The molecule has 0 bridgehead atoms. The van der Waals surface area contributed by atoms with Crippen LogP contribution in [0.2, 0.25) is 0 Å². The van der Waals surface area contributed by atoms with E-state index in [2.05, 4.69) is 20.5 Å². The van der Waals surface area contributed by atoms with Crippen molar-refractivity contribution >= 4 is 23.4 Å². The zero-order valence-corrected chi connectivity index (χ0v) is 20.2. The summed E-state index contributed by atoms with van der Waals surface area (Å²) in [5, 5.41) is 5.53. The second kappa shape index (κ2) is 10.7. The number of ether oxygens (including phenoxy) is 1. The van der Waals surface area contributed by atoms with Crippen LogP contribution in [0.4, 0.5) is 16.3 Å². The molecule has 2 aliphatic rings. The first kappa shape index (κ1) is 23.7. The molecule has 2 aromatic heterocycles. The van der Waals surface area contributed by atoms with Gasteiger partial charge < -0.3 is 25.2 Å². The summed E-state index contributed by atoms with van der Waals surface area (Å²) in [5.41, 5.74) is 3.93. The number of hydrogen-bond acceptors (Lipinski definition) is 7. The van der Waals surface area contributed by atoms with Gasteiger partial charge in [0, 0.05) is 58.5 Å². The van der Waals surface area contributed by atoms with Gasteiger partial charge in [-0.1, -0.05) is 6.07 Å². The van der Waals surface area contributed by atoms with Crippen LogP contribution in [0.25, 0.3) is 11.4 Å². The molecule has 2 N–H and O–H groups in total. The Labute approximate surface area is 212 Å². The highest BCUT2D eigenvalue weighted by molar-refractivity contribution is 5.92. The van der Waals surface area contributed by atoms with Gasteiger partial charge in [-0.15, -0.1) is 0 Å². The summed E-state index contributed by atoms with van der Waals surface area (Å²) in [5.74, 6) is 1.39. The lowest BCUT2D eigenvalue weighted by Gasteiger charge is -2.34. The minimum absolute atomic E-state index is 0. The number of pyridine rings is 1. The maximum atomic E-state index is 13.1. The molecule has 190 valence electrons. The number of anilines is 2. The minimum Gasteiger partial charge on any atom is -0.378 e. The van der Waals surface area contributed by atoms with Crippen molar-refractivity contribution in [2.45, 2.75) is 19.9 Å². The van der Waals surface area contributed by atoms with E-state index < -0.39 is 0 Å². The van der Waals surface area contributed by atoms with Gasteiger partial charge in [0.25, 0.3) is 5.91 Å². The van der Waals surface area contributed by atoms with E-state index >= 15 is 0 Å². The van der Waals surface area contributed by atoms with Crippen LogP contribution in [-0.2, 0) is 17.7 Å². The third kappa shape index (κ3) is 5.13. The lowest BCUT2D eigenvalue weighted by molar-refractivity contribution is 0.0727. The first-order valence-electron chi connectivity index (χ1n) is 12.2. The Morgan fingerprint density at radius 1 is 1.06 bits per heavy atom. The van der Waals surface area contributed by atoms with Crippen LogP contribution in [0.15, 0.2) is 48.7 Å². The van der Waals surface area contributed by atoms with E-state index in [-0.39, 0.29) is 14.8 Å². The number of rotatable bonds is 5. The highest BCUT2D eigenvalue weighted by Gasteiger charge is 2.29. The number of nitrogens with zero attached hydrogens (tertiary/aromatic N) is 5. The van der Waals surface area contributed by atoms with Gasteiger partial charge in [0.2, 0.25) is 0 Å². The van der Waals surface area contributed by atoms with Crippen molar-refractivity contribution in [1.29, 1.82) is 0 Å². The Morgan fingerprint density at radius 2 is 1.86 bits per heavy atom. The fourth-order valence-electron chi connectivity index (χ4n) is 4.43. The SMILES string of the molecule is CCNC(=O)Nc1ccc(-c2nc3c(c(N4CCOCC4)n2)CN(C(=O)c2ccccn2)CC3)cc1.[HH].[HH]. The first-order valence-corrected chi connectivity index (χ1v) is 12.2. The summed E-state index contributed by atoms with van der Waals surface area (Å²) >= 11 is 0. The van der Waals surface area contributed by atoms with E-state index in [1.54, 1.807) is 18.3 Å². The Kier molecular flexibility index (Phi) is 7.03. The molecule has 0 atom stereocenters. The molecule has 10 nitrogen and oxygen atoms in total. The molecule has 0 radical (unpaired) electrons. The Balaban J connectivity index is 0.00000200. The van der Waals surface area contributed by atoms with Gasteiger partial charge in [0.1, 0.15) is 11.5 Å². The van der Waals surface area contributed by atoms with Crippen LogP contribution < -0.4 is 15.5 Å². The molecular weight excluding hydrogens is 458 g/mol. The van der Waals surface area contributed by atoms with E-state index in [1.165, 1.54) is 0 Å². The number of benzene rings is 1. The molecule has 5 rings (SSSR count). The van der Waals surface area contributed by atoms with Gasteiger partial charge in [-0.2, -0.15) is 0 Å². The summed E-state index contributed by atoms with van der Waals surface area (Å²) < 4.78 is 5.56. The normalized spacial score (nSPS) is 15.2. The number of carbonyl (C=O) groups is 2. The molecule has 10 heteroatoms. The molecule has 0 unspecified atom stereocenters. The largest absolute Gasteiger partial charge is 0.378 e. The second-order valence-corrected chi connectivity index (χ2v) is 8.65. The maximum absolute atomic E-state index is 13.1. The molecule has 1 fully saturated rings. The molecule has 0 aliphatic carbocycles. The number of hydrogen-bond donors (Lipinski definition) is 2. The zero-order chi connectivity index (χ0) is 24.9. The van der Waals surface area contributed by atoms with Crippen molar-refractivity contribution < 1.29 is 17.2 Å². The van der Waals surface area contributed by atoms with Gasteiger partial charge in [-0.3, -0.25) is 9.78 Å². The van der Waals surface area contributed by atoms with E-state index in [0.29, 0.717) is 56.5 Å². The van der Waals surface area contributed by atoms with Crippen molar-refractivity contribution in [3.05, 3.63) is 65.6 Å². The molecule has 0 saturated carbocycles. The van der Waals surface area contributed by atoms with Crippen molar-refractivity contribution in [2.24, 2.45) is 0 Å². The smallest absolute Gasteiger partial charge is 0.319 e. The summed E-state index contributed by atoms with van der Waals surface area (Å²) in [4.78, 5) is 43.0. The van der Waals surface area contributed by atoms with Crippen LogP contribution in [0.5, 0.6) is 0 Å². The standard InChI is InChI=1S/C26H29N7O3.2H2/c1-2-27-26(35)29-19-8-6-18(7-9-19)23-30-21-10-12-33(25(34)22-5-3-4-11-28-22)17-20(21)24(31-23)32-13-15-36-16-14-32;;/h3-9,11H,2,10,12-17H2,1H3,(H2,27,29,35);2*1H. The predicted molar refractivity (Wildman–Crippen MR) is 140 cm³/mol. The minimum atomic E-state index is -0.241. The Morgan fingerprint density at radius 3 is 2.58 bits per heavy atom. The molecule has 1 saturated heterocycles. The van der Waals surface area contributed by atoms with Crippen LogP contribution >= 0.6 is 0 Å². The number of aromatic nitrogens is 3. The number of urea groups is 1. The summed E-state index contributed by atoms with van der Waals surface area (Å²) in [6.45, 7) is 6.15. The highest BCUT2D eigenvalue weighted by atomic mass is 16.5. The van der Waals surface area contributed by atoms with Gasteiger partial charge in [0.15, 0.2) is 5.82 Å². The van der Waals surface area contributed by atoms with Gasteiger partial charge in [-0.05, 0) is 43.3 Å². The second-order valence-electron chi connectivity index (χ2n) is 8.65. The van der Waals surface area contributed by atoms with E-state index in [9.17, 15) is 9.59 Å². The number of morpholine rings is 1. The quantitative estimate of drug-likeness (QED) is 0.564. The Hall–Kier alpha value is -4.05. The van der Waals surface area contributed by atoms with E-state index in [0.717, 1.165) is 35.7 Å². The molecule has 3 aromatic rings. The molecule has 4 heterocycles. The van der Waals surface area contributed by atoms with Gasteiger partial charge >= 0.3 is 6.03 Å². The average Bonchev–Trinajstić information content (AvgIpc) is 2.93.